The maximum Gasteiger partial charge on any atom is 0.333 e. The molecule has 0 aromatic rings. The van der Waals surface area contributed by atoms with Gasteiger partial charge in [0.05, 0.1) is 12.6 Å². The highest BCUT2D eigenvalue weighted by Crippen LogP contribution is 2.10. The molecule has 0 amide bonds. The normalized spacial score (nSPS) is 9.62. The fraction of sp³-hybridized carbons (Fsp3) is 0.700. The minimum absolute atomic E-state index is 0.0648. The zero-order chi connectivity index (χ0) is 18.8. The topological polar surface area (TPSA) is 66.4 Å². The molecule has 0 heterocycles. The summed E-state index contributed by atoms with van der Waals surface area (Å²) in [5, 5.41) is 9.49. The molecule has 0 aliphatic rings. The quantitative estimate of drug-likeness (QED) is 0.284. The zero-order valence-corrected chi connectivity index (χ0v) is 15.8. The van der Waals surface area contributed by atoms with E-state index in [2.05, 4.69) is 20.1 Å². The van der Waals surface area contributed by atoms with Crippen molar-refractivity contribution < 1.29 is 19.4 Å². The monoisotopic (exact) mass is 339 g/mol. The Balaban J connectivity index is 0. The van der Waals surface area contributed by atoms with Gasteiger partial charge in [-0.15, -0.1) is 0 Å². The van der Waals surface area contributed by atoms with Crippen molar-refractivity contribution in [2.75, 3.05) is 6.61 Å². The predicted molar refractivity (Wildman–Crippen MR) is 97.4 cm³/mol. The summed E-state index contributed by atoms with van der Waals surface area (Å²) in [5.41, 5.74) is 0.553. The molecule has 24 heavy (non-hydrogen) atoms. The van der Waals surface area contributed by atoms with Crippen molar-refractivity contribution in [3.05, 3.63) is 24.3 Å². The lowest BCUT2D eigenvalue weighted by Crippen LogP contribution is -2.22. The van der Waals surface area contributed by atoms with Gasteiger partial charge in [-0.1, -0.05) is 77.9 Å². The Morgan fingerprint density at radius 3 is 1.50 bits per heavy atom. The van der Waals surface area contributed by atoms with E-state index in [1.54, 1.807) is 6.92 Å². The van der Waals surface area contributed by atoms with E-state index in [0.29, 0.717) is 12.2 Å². The van der Waals surface area contributed by atoms with Crippen molar-refractivity contribution in [3.8, 4) is 0 Å². The van der Waals surface area contributed by atoms with Crippen LogP contribution in [0.5, 0.6) is 0 Å². The molecule has 4 heteroatoms. The van der Waals surface area contributed by atoms with E-state index in [0.717, 1.165) is 6.42 Å². The van der Waals surface area contributed by atoms with Gasteiger partial charge in [0.15, 0.2) is 0 Å². The minimum Gasteiger partial charge on any atom is -0.545 e. The standard InChI is InChI=1S/C16H30O2.C4H6O2/c1-4-5-6-7-8-9-10-11-12-13-14-18-16(17)15(2)3;1-3(2)4(5)6/h2,4-14H2,1,3H3;1H2,2H3,(H,5,6)/p-1. The second-order valence-electron chi connectivity index (χ2n) is 6.17. The van der Waals surface area contributed by atoms with Crippen LogP contribution < -0.4 is 5.11 Å². The second kappa shape index (κ2) is 17.8. The van der Waals surface area contributed by atoms with Crippen molar-refractivity contribution in [3.63, 3.8) is 0 Å². The summed E-state index contributed by atoms with van der Waals surface area (Å²) < 4.78 is 5.04. The Labute approximate surface area is 148 Å². The fourth-order valence-corrected chi connectivity index (χ4v) is 1.88. The fourth-order valence-electron chi connectivity index (χ4n) is 1.88. The van der Waals surface area contributed by atoms with Crippen LogP contribution in [-0.4, -0.2) is 18.5 Å². The number of hydrogen-bond acceptors (Lipinski definition) is 4. The molecule has 0 unspecified atom stereocenters. The van der Waals surface area contributed by atoms with Gasteiger partial charge in [0.25, 0.3) is 0 Å². The van der Waals surface area contributed by atoms with E-state index in [-0.39, 0.29) is 11.5 Å². The molecule has 0 aromatic heterocycles. The zero-order valence-electron chi connectivity index (χ0n) is 15.8. The van der Waals surface area contributed by atoms with Gasteiger partial charge in [0, 0.05) is 5.57 Å². The number of hydrogen-bond donors (Lipinski definition) is 0. The first-order valence-electron chi connectivity index (χ1n) is 9.02. The molecular weight excluding hydrogens is 304 g/mol. The molecule has 4 nitrogen and oxygen atoms in total. The van der Waals surface area contributed by atoms with Gasteiger partial charge in [-0.05, 0) is 25.8 Å². The summed E-state index contributed by atoms with van der Waals surface area (Å²) in [6.07, 6.45) is 13.0. The number of carboxylic acids is 1. The first-order chi connectivity index (χ1) is 11.3. The summed E-state index contributed by atoms with van der Waals surface area (Å²) >= 11 is 0. The molecule has 0 bridgehead atoms. The van der Waals surface area contributed by atoms with Gasteiger partial charge in [-0.25, -0.2) is 4.79 Å². The van der Waals surface area contributed by atoms with Crippen LogP contribution in [0.1, 0.15) is 85.0 Å². The Morgan fingerprint density at radius 2 is 1.17 bits per heavy atom. The third kappa shape index (κ3) is 20.4. The van der Waals surface area contributed by atoms with Gasteiger partial charge < -0.3 is 14.6 Å². The van der Waals surface area contributed by atoms with Crippen LogP contribution in [0.2, 0.25) is 0 Å². The van der Waals surface area contributed by atoms with Gasteiger partial charge in [0.2, 0.25) is 0 Å². The number of ether oxygens (including phenoxy) is 1. The lowest BCUT2D eigenvalue weighted by molar-refractivity contribution is -0.299. The number of unbranched alkanes of at least 4 members (excludes halogenated alkanes) is 9. The Bertz CT molecular complexity index is 360. The first-order valence-corrected chi connectivity index (χ1v) is 9.02. The summed E-state index contributed by atoms with van der Waals surface area (Å²) in [7, 11) is 0. The van der Waals surface area contributed by atoms with Crippen LogP contribution in [0, 0.1) is 0 Å². The number of carbonyl (C=O) groups excluding carboxylic acids is 2. The molecule has 0 aliphatic heterocycles. The van der Waals surface area contributed by atoms with Crippen molar-refractivity contribution >= 4 is 11.9 Å². The van der Waals surface area contributed by atoms with Crippen LogP contribution in [0.4, 0.5) is 0 Å². The molecule has 0 rings (SSSR count). The molecule has 0 spiro atoms. The lowest BCUT2D eigenvalue weighted by atomic mass is 10.1. The van der Waals surface area contributed by atoms with Crippen molar-refractivity contribution in [2.24, 2.45) is 0 Å². The van der Waals surface area contributed by atoms with Gasteiger partial charge in [-0.2, -0.15) is 0 Å². The molecule has 0 fully saturated rings. The second-order valence-corrected chi connectivity index (χ2v) is 6.17. The smallest absolute Gasteiger partial charge is 0.333 e. The largest absolute Gasteiger partial charge is 0.545 e. The molecular formula is C20H35O4-. The van der Waals surface area contributed by atoms with E-state index in [1.165, 1.54) is 64.7 Å². The number of aliphatic carboxylic acids is 1. The van der Waals surface area contributed by atoms with Crippen LogP contribution >= 0.6 is 0 Å². The van der Waals surface area contributed by atoms with Gasteiger partial charge in [-0.3, -0.25) is 0 Å². The third-order valence-corrected chi connectivity index (χ3v) is 3.43. The molecule has 0 aromatic carbocycles. The number of carboxylic acid groups (broad SMARTS) is 1. The Morgan fingerprint density at radius 1 is 0.792 bits per heavy atom. The predicted octanol–water partition coefficient (Wildman–Crippen LogP) is 4.34. The van der Waals surface area contributed by atoms with Crippen LogP contribution in [0.25, 0.3) is 0 Å². The van der Waals surface area contributed by atoms with Crippen molar-refractivity contribution in [2.45, 2.75) is 85.0 Å². The van der Waals surface area contributed by atoms with Gasteiger partial charge >= 0.3 is 5.97 Å². The molecule has 0 radical (unpaired) electrons. The maximum atomic E-state index is 11.1. The Hall–Kier alpha value is -1.58. The van der Waals surface area contributed by atoms with Gasteiger partial charge in [0.1, 0.15) is 0 Å². The van der Waals surface area contributed by atoms with E-state index in [9.17, 15) is 14.7 Å². The summed E-state index contributed by atoms with van der Waals surface area (Å²) in [6.45, 7) is 12.5. The highest BCUT2D eigenvalue weighted by molar-refractivity contribution is 5.86. The average molecular weight is 339 g/mol. The van der Waals surface area contributed by atoms with Crippen molar-refractivity contribution in [1.82, 2.24) is 0 Å². The van der Waals surface area contributed by atoms with Crippen LogP contribution in [0.3, 0.4) is 0 Å². The highest BCUT2D eigenvalue weighted by Gasteiger charge is 2.01. The Kier molecular flexibility index (Phi) is 18.3. The highest BCUT2D eigenvalue weighted by atomic mass is 16.5. The minimum atomic E-state index is -1.19. The molecule has 0 saturated heterocycles. The molecule has 0 aliphatic carbocycles. The first kappa shape index (κ1) is 24.7. The molecule has 0 atom stereocenters. The van der Waals surface area contributed by atoms with E-state index in [4.69, 9.17) is 4.74 Å². The summed E-state index contributed by atoms with van der Waals surface area (Å²) in [6, 6.07) is 0. The lowest BCUT2D eigenvalue weighted by Gasteiger charge is -2.04. The van der Waals surface area contributed by atoms with Crippen LogP contribution in [0.15, 0.2) is 24.3 Å². The van der Waals surface area contributed by atoms with Crippen LogP contribution in [-0.2, 0) is 14.3 Å². The number of esters is 1. The molecule has 0 N–H and O–H groups in total. The molecule has 140 valence electrons. The third-order valence-electron chi connectivity index (χ3n) is 3.43. The van der Waals surface area contributed by atoms with E-state index in [1.807, 2.05) is 0 Å². The SMILES string of the molecule is C=C(C)C(=O)OCCCCCCCCCCCC.C=C(C)C(=O)[O-]. The number of rotatable bonds is 13. The van der Waals surface area contributed by atoms with E-state index >= 15 is 0 Å². The summed E-state index contributed by atoms with van der Waals surface area (Å²) in [4.78, 5) is 20.6. The number of carbonyl (C=O) groups is 2. The maximum absolute atomic E-state index is 11.1. The summed E-state index contributed by atoms with van der Waals surface area (Å²) in [5.74, 6) is -1.44. The van der Waals surface area contributed by atoms with Crippen molar-refractivity contribution in [1.29, 1.82) is 0 Å². The molecule has 0 saturated carbocycles. The average Bonchev–Trinajstić information content (AvgIpc) is 2.52. The van der Waals surface area contributed by atoms with E-state index < -0.39 is 5.97 Å².